The highest BCUT2D eigenvalue weighted by Gasteiger charge is 2.24. The molecule has 5 heterocycles. The van der Waals surface area contributed by atoms with Gasteiger partial charge in [-0.1, -0.05) is 42.5 Å². The maximum atomic E-state index is 4.80. The Hall–Kier alpha value is -4.18. The van der Waals surface area contributed by atoms with Crippen LogP contribution >= 0.6 is 0 Å². The van der Waals surface area contributed by atoms with Crippen LogP contribution in [0.5, 0.6) is 0 Å². The van der Waals surface area contributed by atoms with E-state index in [4.69, 9.17) is 4.98 Å². The van der Waals surface area contributed by atoms with Gasteiger partial charge in [0.25, 0.3) is 0 Å². The smallest absolute Gasteiger partial charge is 0.132 e. The molecule has 2 aromatic carbocycles. The van der Waals surface area contributed by atoms with E-state index in [2.05, 4.69) is 80.7 Å². The second-order valence-corrected chi connectivity index (χ2v) is 7.56. The molecular formula is C26H16N4. The van der Waals surface area contributed by atoms with Gasteiger partial charge in [0.05, 0.1) is 27.9 Å². The van der Waals surface area contributed by atoms with Gasteiger partial charge < -0.3 is 0 Å². The van der Waals surface area contributed by atoms with Crippen LogP contribution in [0.4, 0.5) is 0 Å². The normalized spacial score (nSPS) is 12.0. The molecule has 0 saturated carbocycles. The molecule has 0 aliphatic carbocycles. The molecule has 0 spiro atoms. The fourth-order valence-electron chi connectivity index (χ4n) is 4.77. The first-order valence-corrected chi connectivity index (χ1v) is 10.0. The third-order valence-electron chi connectivity index (χ3n) is 5.97. The fraction of sp³-hybridized carbons (Fsp3) is 0. The second-order valence-electron chi connectivity index (χ2n) is 7.56. The Morgan fingerprint density at radius 1 is 0.633 bits per heavy atom. The molecule has 7 aromatic rings. The molecule has 0 radical (unpaired) electrons. The molecule has 140 valence electrons. The largest absolute Gasteiger partial charge is 0.293 e. The van der Waals surface area contributed by atoms with Crippen molar-refractivity contribution in [1.29, 1.82) is 0 Å². The van der Waals surface area contributed by atoms with Crippen molar-refractivity contribution in [3.8, 4) is 17.1 Å². The Bertz CT molecular complexity index is 1670. The highest BCUT2D eigenvalue weighted by molar-refractivity contribution is 6.22. The van der Waals surface area contributed by atoms with Crippen LogP contribution in [-0.2, 0) is 0 Å². The average Bonchev–Trinajstić information content (AvgIpc) is 3.46. The van der Waals surface area contributed by atoms with Gasteiger partial charge in [-0.15, -0.1) is 0 Å². The van der Waals surface area contributed by atoms with E-state index in [0.717, 1.165) is 33.6 Å². The first-order valence-electron chi connectivity index (χ1n) is 10.0. The predicted molar refractivity (Wildman–Crippen MR) is 121 cm³/mol. The summed E-state index contributed by atoms with van der Waals surface area (Å²) in [6, 6.07) is 29.5. The molecule has 0 aliphatic rings. The van der Waals surface area contributed by atoms with E-state index in [-0.39, 0.29) is 0 Å². The van der Waals surface area contributed by atoms with Crippen molar-refractivity contribution in [2.75, 3.05) is 0 Å². The van der Waals surface area contributed by atoms with Gasteiger partial charge in [-0.05, 0) is 42.5 Å². The van der Waals surface area contributed by atoms with Gasteiger partial charge in [-0.3, -0.25) is 18.9 Å². The lowest BCUT2D eigenvalue weighted by molar-refractivity contribution is 1.08. The Balaban J connectivity index is 1.77. The maximum Gasteiger partial charge on any atom is 0.132 e. The monoisotopic (exact) mass is 384 g/mol. The zero-order chi connectivity index (χ0) is 19.7. The molecule has 0 saturated heterocycles. The summed E-state index contributed by atoms with van der Waals surface area (Å²) in [4.78, 5) is 9.45. The van der Waals surface area contributed by atoms with E-state index in [1.807, 2.05) is 30.6 Å². The van der Waals surface area contributed by atoms with E-state index in [9.17, 15) is 0 Å². The Morgan fingerprint density at radius 3 is 2.33 bits per heavy atom. The Labute approximate surface area is 172 Å². The Morgan fingerprint density at radius 2 is 1.47 bits per heavy atom. The molecule has 7 rings (SSSR count). The number of hydrogen-bond donors (Lipinski definition) is 0. The van der Waals surface area contributed by atoms with Gasteiger partial charge in [-0.25, -0.2) is 0 Å². The van der Waals surface area contributed by atoms with Gasteiger partial charge in [0, 0.05) is 34.2 Å². The summed E-state index contributed by atoms with van der Waals surface area (Å²) in [6.07, 6.45) is 3.77. The summed E-state index contributed by atoms with van der Waals surface area (Å²) >= 11 is 0. The van der Waals surface area contributed by atoms with Crippen LogP contribution < -0.4 is 0 Å². The number of pyridine rings is 2. The van der Waals surface area contributed by atoms with Gasteiger partial charge in [0.1, 0.15) is 5.65 Å². The minimum atomic E-state index is 0.945. The summed E-state index contributed by atoms with van der Waals surface area (Å²) in [6.45, 7) is 0. The van der Waals surface area contributed by atoms with Crippen LogP contribution in [0.2, 0.25) is 0 Å². The lowest BCUT2D eigenvalue weighted by Gasteiger charge is -2.11. The number of benzene rings is 2. The molecule has 5 aromatic heterocycles. The van der Waals surface area contributed by atoms with E-state index in [1.54, 1.807) is 0 Å². The molecule has 0 bridgehead atoms. The van der Waals surface area contributed by atoms with E-state index >= 15 is 0 Å². The van der Waals surface area contributed by atoms with Gasteiger partial charge in [0.15, 0.2) is 0 Å². The van der Waals surface area contributed by atoms with Gasteiger partial charge >= 0.3 is 0 Å². The van der Waals surface area contributed by atoms with Crippen molar-refractivity contribution < 1.29 is 0 Å². The molecule has 0 fully saturated rings. The third-order valence-corrected chi connectivity index (χ3v) is 5.97. The van der Waals surface area contributed by atoms with Gasteiger partial charge in [0.2, 0.25) is 0 Å². The second kappa shape index (κ2) is 5.67. The average molecular weight is 384 g/mol. The number of fused-ring (bicyclic) bond motifs is 6. The molecule has 30 heavy (non-hydrogen) atoms. The molecule has 0 unspecified atom stereocenters. The van der Waals surface area contributed by atoms with Crippen LogP contribution in [0.1, 0.15) is 0 Å². The zero-order valence-electron chi connectivity index (χ0n) is 16.0. The number of hydrogen-bond acceptors (Lipinski definition) is 2. The number of aromatic nitrogens is 4. The molecular weight excluding hydrogens is 368 g/mol. The topological polar surface area (TPSA) is 35.1 Å². The maximum absolute atomic E-state index is 4.80. The van der Waals surface area contributed by atoms with Gasteiger partial charge in [-0.2, -0.15) is 0 Å². The molecule has 0 atom stereocenters. The lowest BCUT2D eigenvalue weighted by Crippen LogP contribution is -2.00. The SMILES string of the molecule is c1ccc(-n2c(-c3ccccn3)cc3c4nccc5c6ccccc6n(c54)c32)cc1. The number of rotatable bonds is 2. The van der Waals surface area contributed by atoms with Crippen molar-refractivity contribution in [2.45, 2.75) is 0 Å². The van der Waals surface area contributed by atoms with E-state index in [1.165, 1.54) is 21.8 Å². The minimum absolute atomic E-state index is 0.945. The zero-order valence-corrected chi connectivity index (χ0v) is 16.0. The number of nitrogens with zero attached hydrogens (tertiary/aromatic N) is 4. The van der Waals surface area contributed by atoms with Crippen molar-refractivity contribution in [3.63, 3.8) is 0 Å². The summed E-state index contributed by atoms with van der Waals surface area (Å²) in [5.41, 5.74) is 7.66. The summed E-state index contributed by atoms with van der Waals surface area (Å²) in [7, 11) is 0. The first kappa shape index (κ1) is 15.7. The first-order chi connectivity index (χ1) is 14.9. The van der Waals surface area contributed by atoms with Crippen molar-refractivity contribution >= 4 is 38.4 Å². The summed E-state index contributed by atoms with van der Waals surface area (Å²) in [5, 5.41) is 3.64. The summed E-state index contributed by atoms with van der Waals surface area (Å²) in [5.74, 6) is 0. The van der Waals surface area contributed by atoms with Crippen LogP contribution in [-0.4, -0.2) is 18.9 Å². The molecule has 4 nitrogen and oxygen atoms in total. The number of para-hydroxylation sites is 2. The van der Waals surface area contributed by atoms with Crippen molar-refractivity contribution in [3.05, 3.63) is 97.3 Å². The van der Waals surface area contributed by atoms with E-state index in [0.29, 0.717) is 0 Å². The van der Waals surface area contributed by atoms with Crippen LogP contribution in [0.3, 0.4) is 0 Å². The highest BCUT2D eigenvalue weighted by Crippen LogP contribution is 2.41. The van der Waals surface area contributed by atoms with E-state index < -0.39 is 0 Å². The van der Waals surface area contributed by atoms with Crippen molar-refractivity contribution in [2.24, 2.45) is 0 Å². The van der Waals surface area contributed by atoms with Crippen LogP contribution in [0.25, 0.3) is 55.4 Å². The van der Waals surface area contributed by atoms with Crippen molar-refractivity contribution in [1.82, 2.24) is 18.9 Å². The third kappa shape index (κ3) is 1.90. The molecule has 0 aliphatic heterocycles. The Kier molecular flexibility index (Phi) is 2.97. The van der Waals surface area contributed by atoms with Crippen LogP contribution in [0.15, 0.2) is 97.3 Å². The molecule has 0 N–H and O–H groups in total. The fourth-order valence-corrected chi connectivity index (χ4v) is 4.77. The highest BCUT2D eigenvalue weighted by atomic mass is 15.1. The molecule has 0 amide bonds. The predicted octanol–water partition coefficient (Wildman–Crippen LogP) is 6.08. The minimum Gasteiger partial charge on any atom is -0.293 e. The standard InChI is InChI=1S/C26H16N4/c1-2-8-17(9-3-1)29-23(21-11-6-7-14-27-21)16-20-24-25-19(13-15-28-24)18-10-4-5-12-22(18)30(25)26(20)29/h1-16H. The molecule has 4 heteroatoms. The summed E-state index contributed by atoms with van der Waals surface area (Å²) < 4.78 is 4.67. The van der Waals surface area contributed by atoms with Crippen LogP contribution in [0, 0.1) is 0 Å². The lowest BCUT2D eigenvalue weighted by atomic mass is 10.1. The quantitative estimate of drug-likeness (QED) is 0.362.